The fraction of sp³-hybridized carbons (Fsp3) is 0.471. The molecule has 0 heterocycles. The maximum absolute atomic E-state index is 11.9. The van der Waals surface area contributed by atoms with Gasteiger partial charge in [-0.25, -0.2) is 14.4 Å². The van der Waals surface area contributed by atoms with E-state index in [9.17, 15) is 14.4 Å². The van der Waals surface area contributed by atoms with Crippen LogP contribution in [0.25, 0.3) is 0 Å². The number of carbonyl (C=O) groups excluding carboxylic acids is 3. The molecule has 0 saturated heterocycles. The Morgan fingerprint density at radius 2 is 1.48 bits per heavy atom. The van der Waals surface area contributed by atoms with E-state index in [4.69, 9.17) is 14.2 Å². The first-order valence-electron chi connectivity index (χ1n) is 7.25. The van der Waals surface area contributed by atoms with Gasteiger partial charge < -0.3 is 14.2 Å². The number of hydrogen-bond acceptors (Lipinski definition) is 6. The second kappa shape index (κ2) is 10.4. The fourth-order valence-electron chi connectivity index (χ4n) is 1.24. The van der Waals surface area contributed by atoms with Crippen LogP contribution in [0.3, 0.4) is 0 Å². The molecule has 6 nitrogen and oxygen atoms in total. The normalized spacial score (nSPS) is 11.1. The Hall–Kier alpha value is -2.37. The van der Waals surface area contributed by atoms with Gasteiger partial charge in [-0.3, -0.25) is 0 Å². The van der Waals surface area contributed by atoms with Gasteiger partial charge in [0.05, 0.1) is 12.2 Å². The summed E-state index contributed by atoms with van der Waals surface area (Å²) in [6, 6.07) is 0. The van der Waals surface area contributed by atoms with Crippen LogP contribution >= 0.6 is 0 Å². The number of carbonyl (C=O) groups is 3. The summed E-state index contributed by atoms with van der Waals surface area (Å²) in [5.41, 5.74) is 0.227. The van der Waals surface area contributed by atoms with E-state index < -0.39 is 24.0 Å². The molecule has 0 rings (SSSR count). The molecular weight excluding hydrogens is 300 g/mol. The zero-order valence-electron chi connectivity index (χ0n) is 14.0. The molecule has 0 fully saturated rings. The molecule has 1 atom stereocenters. The first-order chi connectivity index (χ1) is 10.7. The lowest BCUT2D eigenvalue weighted by Crippen LogP contribution is -2.31. The number of esters is 3. The first kappa shape index (κ1) is 20.6. The van der Waals surface area contributed by atoms with Crippen LogP contribution in [0, 0.1) is 0 Å². The molecule has 0 aliphatic carbocycles. The second-order valence-corrected chi connectivity index (χ2v) is 5.07. The van der Waals surface area contributed by atoms with Gasteiger partial charge in [-0.15, -0.1) is 0 Å². The van der Waals surface area contributed by atoms with Crippen molar-refractivity contribution >= 4 is 17.9 Å². The van der Waals surface area contributed by atoms with Gasteiger partial charge in [0.1, 0.15) is 6.61 Å². The topological polar surface area (TPSA) is 78.9 Å². The van der Waals surface area contributed by atoms with Crippen LogP contribution in [0.15, 0.2) is 36.5 Å². The maximum Gasteiger partial charge on any atom is 0.337 e. The zero-order chi connectivity index (χ0) is 18.0. The van der Waals surface area contributed by atoms with Crippen LogP contribution in [0.4, 0.5) is 0 Å². The van der Waals surface area contributed by atoms with E-state index in [1.807, 2.05) is 6.92 Å². The summed E-state index contributed by atoms with van der Waals surface area (Å²) >= 11 is 0. The first-order valence-corrected chi connectivity index (χ1v) is 7.25. The molecule has 6 heteroatoms. The Balaban J connectivity index is 4.87. The highest BCUT2D eigenvalue weighted by molar-refractivity contribution is 5.92. The molecule has 0 saturated carbocycles. The molecule has 0 aliphatic heterocycles. The molecule has 0 aliphatic rings. The minimum absolute atomic E-state index is 0.106. The van der Waals surface area contributed by atoms with Crippen LogP contribution in [-0.2, 0) is 28.6 Å². The maximum atomic E-state index is 11.9. The van der Waals surface area contributed by atoms with Crippen LogP contribution in [0.2, 0.25) is 0 Å². The molecule has 0 amide bonds. The summed E-state index contributed by atoms with van der Waals surface area (Å²) < 4.78 is 15.0. The van der Waals surface area contributed by atoms with E-state index in [-0.39, 0.29) is 29.9 Å². The minimum Gasteiger partial charge on any atom is -0.462 e. The van der Waals surface area contributed by atoms with E-state index in [2.05, 4.69) is 19.7 Å². The van der Waals surface area contributed by atoms with Crippen molar-refractivity contribution in [2.24, 2.45) is 0 Å². The summed E-state index contributed by atoms with van der Waals surface area (Å²) in [4.78, 5) is 35.0. The molecule has 0 bridgehead atoms. The largest absolute Gasteiger partial charge is 0.462 e. The Morgan fingerprint density at radius 1 is 0.913 bits per heavy atom. The van der Waals surface area contributed by atoms with Crippen LogP contribution in [0.1, 0.15) is 33.6 Å². The van der Waals surface area contributed by atoms with Crippen molar-refractivity contribution < 1.29 is 28.6 Å². The average Bonchev–Trinajstić information content (AvgIpc) is 2.49. The molecule has 0 aromatic rings. The lowest BCUT2D eigenvalue weighted by Gasteiger charge is -2.19. The smallest absolute Gasteiger partial charge is 0.337 e. The number of rotatable bonds is 10. The molecular formula is C17H24O6. The van der Waals surface area contributed by atoms with Gasteiger partial charge in [0.15, 0.2) is 6.10 Å². The minimum atomic E-state index is -1.14. The lowest BCUT2D eigenvalue weighted by molar-refractivity contribution is -0.154. The van der Waals surface area contributed by atoms with Gasteiger partial charge in [-0.2, -0.15) is 0 Å². The average molecular weight is 324 g/mol. The molecule has 0 aromatic heterocycles. The highest BCUT2D eigenvalue weighted by Crippen LogP contribution is 2.12. The van der Waals surface area contributed by atoms with Crippen LogP contribution in [0.5, 0.6) is 0 Å². The molecule has 0 radical (unpaired) electrons. The van der Waals surface area contributed by atoms with Gasteiger partial charge in [0.25, 0.3) is 0 Å². The predicted molar refractivity (Wildman–Crippen MR) is 85.5 cm³/mol. The van der Waals surface area contributed by atoms with E-state index in [0.717, 1.165) is 6.42 Å². The van der Waals surface area contributed by atoms with E-state index in [1.54, 1.807) is 0 Å². The molecule has 0 aromatic carbocycles. The summed E-state index contributed by atoms with van der Waals surface area (Å²) in [7, 11) is 0. The number of ether oxygens (including phenoxy) is 3. The Kier molecular flexibility index (Phi) is 9.30. The van der Waals surface area contributed by atoms with Crippen molar-refractivity contribution in [1.29, 1.82) is 0 Å². The molecule has 1 unspecified atom stereocenters. The highest BCUT2D eigenvalue weighted by Gasteiger charge is 2.26. The molecule has 23 heavy (non-hydrogen) atoms. The quantitative estimate of drug-likeness (QED) is 0.266. The van der Waals surface area contributed by atoms with Crippen LogP contribution < -0.4 is 0 Å². The van der Waals surface area contributed by atoms with Crippen molar-refractivity contribution in [2.45, 2.75) is 39.7 Å². The summed E-state index contributed by atoms with van der Waals surface area (Å²) in [6.45, 7) is 15.2. The predicted octanol–water partition coefficient (Wildman–Crippen LogP) is 2.49. The standard InChI is InChI=1S/C17H24O6/c1-7-8-9-21-17(20)13(6)14(23-16(19)12(4)5)10-22-15(18)11(2)3/h14H,2,4,6-10H2,1,3,5H3. The summed E-state index contributed by atoms with van der Waals surface area (Å²) in [5, 5.41) is 0. The summed E-state index contributed by atoms with van der Waals surface area (Å²) in [6.07, 6.45) is 0.431. The SMILES string of the molecule is C=C(C)C(=O)OCC(OC(=O)C(=C)C)C(=C)C(=O)OCCCC. The van der Waals surface area contributed by atoms with Gasteiger partial charge in [-0.1, -0.05) is 33.1 Å². The van der Waals surface area contributed by atoms with Crippen LogP contribution in [-0.4, -0.2) is 37.2 Å². The van der Waals surface area contributed by atoms with E-state index >= 15 is 0 Å². The second-order valence-electron chi connectivity index (χ2n) is 5.07. The summed E-state index contributed by atoms with van der Waals surface area (Å²) in [5.74, 6) is -2.08. The zero-order valence-corrected chi connectivity index (χ0v) is 14.0. The lowest BCUT2D eigenvalue weighted by atomic mass is 10.1. The Bertz CT molecular complexity index is 503. The third kappa shape index (κ3) is 7.99. The molecule has 0 N–H and O–H groups in total. The highest BCUT2D eigenvalue weighted by atomic mass is 16.6. The number of hydrogen-bond donors (Lipinski definition) is 0. The van der Waals surface area contributed by atoms with Crippen molar-refractivity contribution in [1.82, 2.24) is 0 Å². The molecule has 128 valence electrons. The van der Waals surface area contributed by atoms with Crippen molar-refractivity contribution in [3.05, 3.63) is 36.5 Å². The van der Waals surface area contributed by atoms with Gasteiger partial charge >= 0.3 is 17.9 Å². The Morgan fingerprint density at radius 3 is 1.96 bits per heavy atom. The Labute approximate surface area is 136 Å². The number of unbranched alkanes of at least 4 members (excludes halogenated alkanes) is 1. The van der Waals surface area contributed by atoms with Gasteiger partial charge in [-0.05, 0) is 20.3 Å². The fourth-order valence-corrected chi connectivity index (χ4v) is 1.24. The van der Waals surface area contributed by atoms with Crippen molar-refractivity contribution in [3.63, 3.8) is 0 Å². The van der Waals surface area contributed by atoms with Gasteiger partial charge in [0.2, 0.25) is 0 Å². The monoisotopic (exact) mass is 324 g/mol. The third-order valence-corrected chi connectivity index (χ3v) is 2.69. The van der Waals surface area contributed by atoms with E-state index in [1.165, 1.54) is 13.8 Å². The van der Waals surface area contributed by atoms with Crippen molar-refractivity contribution in [3.8, 4) is 0 Å². The third-order valence-electron chi connectivity index (χ3n) is 2.69. The molecule has 0 spiro atoms. The van der Waals surface area contributed by atoms with Crippen molar-refractivity contribution in [2.75, 3.05) is 13.2 Å². The van der Waals surface area contributed by atoms with Gasteiger partial charge in [0, 0.05) is 11.1 Å². The van der Waals surface area contributed by atoms with E-state index in [0.29, 0.717) is 6.42 Å².